The number of unbranched alkanes of at least 4 members (excludes halogenated alkanes) is 12. The second-order valence-corrected chi connectivity index (χ2v) is 15.8. The average Bonchev–Trinajstić information content (AvgIpc) is 3.24. The number of aliphatic hydroxyl groups is 7. The smallest absolute Gasteiger partial charge is 0.306 e. The molecule has 14 nitrogen and oxygen atoms in total. The topological polar surface area (TPSA) is 214 Å². The Morgan fingerprint density at radius 2 is 1.08 bits per heavy atom. The van der Waals surface area contributed by atoms with Crippen LogP contribution in [0.15, 0.2) is 48.6 Å². The van der Waals surface area contributed by atoms with Crippen LogP contribution in [0, 0.1) is 0 Å². The van der Waals surface area contributed by atoms with Crippen LogP contribution >= 0.6 is 0 Å². The molecule has 348 valence electrons. The van der Waals surface area contributed by atoms with Gasteiger partial charge >= 0.3 is 5.97 Å². The largest absolute Gasteiger partial charge is 0.457 e. The maximum atomic E-state index is 12.9. The van der Waals surface area contributed by atoms with E-state index in [0.717, 1.165) is 70.6 Å². The Balaban J connectivity index is 1.81. The van der Waals surface area contributed by atoms with Gasteiger partial charge in [0.15, 0.2) is 12.6 Å². The SMILES string of the molecule is CC/C=C\C/C=C\C/C=C\C/C=C\CCCCCCC(=O)OC(COCCCCCCCCCCC)COC1OC(COC2OC(CO)C(O)C(O)C2O)C(O)C(O)C1O. The van der Waals surface area contributed by atoms with Gasteiger partial charge in [0.1, 0.15) is 54.9 Å². The Labute approximate surface area is 359 Å². The first kappa shape index (κ1) is 54.1. The van der Waals surface area contributed by atoms with Gasteiger partial charge in [-0.15, -0.1) is 0 Å². The molecule has 7 N–H and O–H groups in total. The van der Waals surface area contributed by atoms with Gasteiger partial charge in [0.25, 0.3) is 0 Å². The summed E-state index contributed by atoms with van der Waals surface area (Å²) in [5.74, 6) is -0.402. The second-order valence-electron chi connectivity index (χ2n) is 15.8. The molecule has 11 unspecified atom stereocenters. The van der Waals surface area contributed by atoms with Gasteiger partial charge < -0.3 is 64.2 Å². The lowest BCUT2D eigenvalue weighted by molar-refractivity contribution is -0.332. The van der Waals surface area contributed by atoms with Crippen molar-refractivity contribution in [3.8, 4) is 0 Å². The molecule has 2 aliphatic heterocycles. The van der Waals surface area contributed by atoms with Crippen LogP contribution in [0.25, 0.3) is 0 Å². The van der Waals surface area contributed by atoms with E-state index < -0.39 is 86.7 Å². The first-order valence-corrected chi connectivity index (χ1v) is 22.7. The Kier molecular flexibility index (Phi) is 31.0. The molecule has 0 spiro atoms. The quantitative estimate of drug-likeness (QED) is 0.0251. The molecule has 0 saturated carbocycles. The van der Waals surface area contributed by atoms with E-state index in [1.165, 1.54) is 38.5 Å². The van der Waals surface area contributed by atoms with Gasteiger partial charge in [-0.05, 0) is 51.4 Å². The Morgan fingerprint density at radius 3 is 1.70 bits per heavy atom. The second kappa shape index (κ2) is 34.4. The van der Waals surface area contributed by atoms with Crippen LogP contribution in [0.5, 0.6) is 0 Å². The summed E-state index contributed by atoms with van der Waals surface area (Å²) in [4.78, 5) is 12.9. The minimum atomic E-state index is -1.71. The van der Waals surface area contributed by atoms with Gasteiger partial charge in [-0.2, -0.15) is 0 Å². The fourth-order valence-corrected chi connectivity index (χ4v) is 6.86. The normalized spacial score (nSPS) is 28.1. The molecule has 2 rings (SSSR count). The van der Waals surface area contributed by atoms with Crippen LogP contribution in [0.3, 0.4) is 0 Å². The highest BCUT2D eigenvalue weighted by molar-refractivity contribution is 5.69. The molecule has 0 radical (unpaired) electrons. The van der Waals surface area contributed by atoms with Gasteiger partial charge in [0.2, 0.25) is 0 Å². The van der Waals surface area contributed by atoms with Gasteiger partial charge in [-0.25, -0.2) is 0 Å². The summed E-state index contributed by atoms with van der Waals surface area (Å²) in [5, 5.41) is 71.8. The highest BCUT2D eigenvalue weighted by Crippen LogP contribution is 2.26. The molecule has 0 aromatic rings. The summed E-state index contributed by atoms with van der Waals surface area (Å²) < 4.78 is 34.1. The van der Waals surface area contributed by atoms with Crippen molar-refractivity contribution in [1.29, 1.82) is 0 Å². The highest BCUT2D eigenvalue weighted by Gasteiger charge is 2.47. The maximum Gasteiger partial charge on any atom is 0.306 e. The Morgan fingerprint density at radius 1 is 0.567 bits per heavy atom. The number of aliphatic hydroxyl groups excluding tert-OH is 7. The summed E-state index contributed by atoms with van der Waals surface area (Å²) in [6, 6.07) is 0. The van der Waals surface area contributed by atoms with Crippen molar-refractivity contribution < 1.29 is 69.0 Å². The van der Waals surface area contributed by atoms with Gasteiger partial charge in [-0.1, -0.05) is 127 Å². The molecule has 2 heterocycles. The molecular weight excluding hydrogens is 776 g/mol. The van der Waals surface area contributed by atoms with Crippen LogP contribution in [0.2, 0.25) is 0 Å². The van der Waals surface area contributed by atoms with Crippen molar-refractivity contribution in [2.75, 3.05) is 33.0 Å². The van der Waals surface area contributed by atoms with E-state index >= 15 is 0 Å². The van der Waals surface area contributed by atoms with Gasteiger partial charge in [0.05, 0.1) is 26.4 Å². The first-order chi connectivity index (χ1) is 29.1. The molecule has 0 aromatic heterocycles. The van der Waals surface area contributed by atoms with E-state index in [1.54, 1.807) is 0 Å². The van der Waals surface area contributed by atoms with Crippen LogP contribution in [0.4, 0.5) is 0 Å². The molecule has 14 heteroatoms. The van der Waals surface area contributed by atoms with Crippen molar-refractivity contribution in [3.63, 3.8) is 0 Å². The number of hydrogen-bond acceptors (Lipinski definition) is 14. The van der Waals surface area contributed by atoms with E-state index in [0.29, 0.717) is 13.0 Å². The first-order valence-electron chi connectivity index (χ1n) is 22.7. The van der Waals surface area contributed by atoms with Crippen LogP contribution < -0.4 is 0 Å². The molecule has 11 atom stereocenters. The minimum absolute atomic E-state index is 0.0509. The third-order valence-corrected chi connectivity index (χ3v) is 10.6. The molecule has 60 heavy (non-hydrogen) atoms. The number of hydrogen-bond donors (Lipinski definition) is 7. The number of esters is 1. The summed E-state index contributed by atoms with van der Waals surface area (Å²) in [5.41, 5.74) is 0. The fraction of sp³-hybridized carbons (Fsp3) is 0.804. The average molecular weight is 857 g/mol. The lowest BCUT2D eigenvalue weighted by Gasteiger charge is -2.42. The van der Waals surface area contributed by atoms with Crippen molar-refractivity contribution in [3.05, 3.63) is 48.6 Å². The van der Waals surface area contributed by atoms with Crippen LogP contribution in [-0.2, 0) is 33.2 Å². The monoisotopic (exact) mass is 857 g/mol. The van der Waals surface area contributed by atoms with E-state index in [9.17, 15) is 40.5 Å². The third-order valence-electron chi connectivity index (χ3n) is 10.6. The molecule has 0 bridgehead atoms. The predicted molar refractivity (Wildman–Crippen MR) is 229 cm³/mol. The highest BCUT2D eigenvalue weighted by atomic mass is 16.7. The van der Waals surface area contributed by atoms with Gasteiger partial charge in [-0.3, -0.25) is 4.79 Å². The number of carbonyl (C=O) groups excluding carboxylic acids is 1. The Hall–Kier alpha value is -2.05. The predicted octanol–water partition coefficient (Wildman–Crippen LogP) is 5.23. The zero-order valence-electron chi connectivity index (χ0n) is 36.4. The minimum Gasteiger partial charge on any atom is -0.457 e. The molecule has 0 amide bonds. The fourth-order valence-electron chi connectivity index (χ4n) is 6.86. The number of carbonyl (C=O) groups is 1. The van der Waals surface area contributed by atoms with Crippen LogP contribution in [0.1, 0.15) is 136 Å². The zero-order valence-corrected chi connectivity index (χ0v) is 36.4. The molecule has 2 aliphatic rings. The molecule has 0 aromatic carbocycles. The van der Waals surface area contributed by atoms with E-state index in [1.807, 2.05) is 0 Å². The Bertz CT molecular complexity index is 1180. The third kappa shape index (κ3) is 22.9. The number of ether oxygens (including phenoxy) is 6. The van der Waals surface area contributed by atoms with Crippen LogP contribution in [-0.4, -0.2) is 142 Å². The lowest BCUT2D eigenvalue weighted by atomic mass is 9.98. The van der Waals surface area contributed by atoms with E-state index in [2.05, 4.69) is 62.5 Å². The lowest BCUT2D eigenvalue weighted by Crippen LogP contribution is -2.61. The van der Waals surface area contributed by atoms with Gasteiger partial charge in [0, 0.05) is 13.0 Å². The molecule has 2 fully saturated rings. The van der Waals surface area contributed by atoms with E-state index in [4.69, 9.17) is 28.4 Å². The van der Waals surface area contributed by atoms with Crippen molar-refractivity contribution in [2.24, 2.45) is 0 Å². The van der Waals surface area contributed by atoms with Crippen molar-refractivity contribution in [2.45, 2.75) is 203 Å². The summed E-state index contributed by atoms with van der Waals surface area (Å²) in [7, 11) is 0. The molecule has 2 saturated heterocycles. The summed E-state index contributed by atoms with van der Waals surface area (Å²) in [6.07, 6.45) is 20.4. The molecule has 0 aliphatic carbocycles. The molecular formula is C46H80O14. The maximum absolute atomic E-state index is 12.9. The summed E-state index contributed by atoms with van der Waals surface area (Å²) in [6.45, 7) is 3.50. The zero-order chi connectivity index (χ0) is 43.8. The van der Waals surface area contributed by atoms with Crippen molar-refractivity contribution in [1.82, 2.24) is 0 Å². The van der Waals surface area contributed by atoms with Crippen molar-refractivity contribution >= 4 is 5.97 Å². The standard InChI is InChI=1S/C46H80O14/c1-3-5-7-9-11-13-14-15-16-17-18-19-20-21-23-25-27-29-38(48)58-35(32-55-30-28-26-24-22-12-10-8-6-4-2)33-56-45-44(54)42(52)40(50)37(60-45)34-57-46-43(53)41(51)39(49)36(31-47)59-46/h5,7,11,13,15-16,18-19,35-37,39-47,49-54H,3-4,6,8-10,12,14,17,20-34H2,1-2H3/b7-5-,13-11-,16-15-,19-18-. The number of allylic oxidation sites excluding steroid dienone is 8. The van der Waals surface area contributed by atoms with E-state index in [-0.39, 0.29) is 19.6 Å². The summed E-state index contributed by atoms with van der Waals surface area (Å²) >= 11 is 0. The number of rotatable bonds is 34.